The zero-order chi connectivity index (χ0) is 16.5. The molecule has 126 valence electrons. The molecule has 1 N–H and O–H groups in total. The Labute approximate surface area is 141 Å². The van der Waals surface area contributed by atoms with Gasteiger partial charge < -0.3 is 15.0 Å². The van der Waals surface area contributed by atoms with Crippen LogP contribution < -0.4 is 10.2 Å². The van der Waals surface area contributed by atoms with Gasteiger partial charge in [0.05, 0.1) is 19.3 Å². The minimum absolute atomic E-state index is 0.0504. The third kappa shape index (κ3) is 6.14. The van der Waals surface area contributed by atoms with Gasteiger partial charge in [-0.1, -0.05) is 0 Å². The first kappa shape index (κ1) is 17.7. The Kier molecular flexibility index (Phi) is 7.26. The molecule has 0 bridgehead atoms. The van der Waals surface area contributed by atoms with Crippen molar-refractivity contribution in [1.82, 2.24) is 0 Å². The van der Waals surface area contributed by atoms with Crippen LogP contribution in [0.4, 0.5) is 11.4 Å². The standard InChI is InChI=1S/C17H24N2O3S/c1-22-17(21)9-12-23-13-16(20)18-14-5-7-15(8-6-14)19-10-3-2-4-11-19/h5-8H,2-4,9-13H2,1H3,(H,18,20). The smallest absolute Gasteiger partial charge is 0.306 e. The summed E-state index contributed by atoms with van der Waals surface area (Å²) in [6.07, 6.45) is 4.15. The number of hydrogen-bond acceptors (Lipinski definition) is 5. The van der Waals surface area contributed by atoms with E-state index in [0.29, 0.717) is 17.9 Å². The molecule has 1 heterocycles. The van der Waals surface area contributed by atoms with Crippen molar-refractivity contribution in [3.63, 3.8) is 0 Å². The van der Waals surface area contributed by atoms with Crippen LogP contribution in [0.15, 0.2) is 24.3 Å². The number of hydrogen-bond donors (Lipinski definition) is 1. The van der Waals surface area contributed by atoms with Gasteiger partial charge >= 0.3 is 5.97 Å². The minimum atomic E-state index is -0.244. The molecule has 1 aliphatic rings. The number of methoxy groups -OCH3 is 1. The topological polar surface area (TPSA) is 58.6 Å². The number of ether oxygens (including phenoxy) is 1. The predicted molar refractivity (Wildman–Crippen MR) is 95.1 cm³/mol. The summed E-state index contributed by atoms with van der Waals surface area (Å²) in [5.41, 5.74) is 2.03. The molecule has 1 aliphatic heterocycles. The fraction of sp³-hybridized carbons (Fsp3) is 0.529. The van der Waals surface area contributed by atoms with Gasteiger partial charge in [0.25, 0.3) is 0 Å². The molecule has 0 unspecified atom stereocenters. The van der Waals surface area contributed by atoms with Gasteiger partial charge in [0.1, 0.15) is 0 Å². The number of nitrogens with one attached hydrogen (secondary N) is 1. The number of amides is 1. The van der Waals surface area contributed by atoms with Crippen LogP contribution in [0.1, 0.15) is 25.7 Å². The van der Waals surface area contributed by atoms with Crippen LogP contribution in [0.3, 0.4) is 0 Å². The van der Waals surface area contributed by atoms with E-state index in [4.69, 9.17) is 0 Å². The summed E-state index contributed by atoms with van der Waals surface area (Å²) in [6, 6.07) is 8.01. The van der Waals surface area contributed by atoms with E-state index in [1.807, 2.05) is 12.1 Å². The highest BCUT2D eigenvalue weighted by Crippen LogP contribution is 2.21. The van der Waals surface area contributed by atoms with E-state index in [0.717, 1.165) is 18.8 Å². The maximum atomic E-state index is 11.9. The average Bonchev–Trinajstić information content (AvgIpc) is 2.60. The second kappa shape index (κ2) is 9.45. The van der Waals surface area contributed by atoms with E-state index >= 15 is 0 Å². The van der Waals surface area contributed by atoms with Crippen molar-refractivity contribution in [3.8, 4) is 0 Å². The molecule has 23 heavy (non-hydrogen) atoms. The van der Waals surface area contributed by atoms with E-state index in [9.17, 15) is 9.59 Å². The second-order valence-corrected chi connectivity index (χ2v) is 6.63. The number of carbonyl (C=O) groups excluding carboxylic acids is 2. The molecule has 1 amide bonds. The van der Waals surface area contributed by atoms with Gasteiger partial charge in [0.15, 0.2) is 0 Å². The number of thioether (sulfide) groups is 1. The van der Waals surface area contributed by atoms with Gasteiger partial charge in [-0.25, -0.2) is 0 Å². The number of anilines is 2. The molecule has 0 atom stereocenters. The van der Waals surface area contributed by atoms with E-state index in [1.54, 1.807) is 0 Å². The fourth-order valence-electron chi connectivity index (χ4n) is 2.53. The van der Waals surface area contributed by atoms with Gasteiger partial charge in [-0.05, 0) is 43.5 Å². The van der Waals surface area contributed by atoms with Crippen molar-refractivity contribution >= 4 is 35.0 Å². The molecule has 5 nitrogen and oxygen atoms in total. The van der Waals surface area contributed by atoms with Crippen molar-refractivity contribution in [1.29, 1.82) is 0 Å². The fourth-order valence-corrected chi connectivity index (χ4v) is 3.24. The number of piperidine rings is 1. The van der Waals surface area contributed by atoms with Gasteiger partial charge in [0, 0.05) is 30.2 Å². The summed E-state index contributed by atoms with van der Waals surface area (Å²) in [6.45, 7) is 2.23. The molecule has 2 rings (SSSR count). The first-order valence-electron chi connectivity index (χ1n) is 7.98. The lowest BCUT2D eigenvalue weighted by Gasteiger charge is -2.28. The predicted octanol–water partition coefficient (Wildman–Crippen LogP) is 2.91. The average molecular weight is 336 g/mol. The molecule has 0 aromatic heterocycles. The van der Waals surface area contributed by atoms with Gasteiger partial charge in [-0.15, -0.1) is 0 Å². The second-order valence-electron chi connectivity index (χ2n) is 5.52. The third-order valence-electron chi connectivity index (χ3n) is 3.78. The first-order valence-corrected chi connectivity index (χ1v) is 9.14. The lowest BCUT2D eigenvalue weighted by molar-refractivity contribution is -0.140. The molecule has 0 radical (unpaired) electrons. The molecule has 1 saturated heterocycles. The zero-order valence-electron chi connectivity index (χ0n) is 13.5. The number of benzene rings is 1. The third-order valence-corrected chi connectivity index (χ3v) is 4.74. The lowest BCUT2D eigenvalue weighted by atomic mass is 10.1. The van der Waals surface area contributed by atoms with E-state index < -0.39 is 0 Å². The Morgan fingerprint density at radius 3 is 2.52 bits per heavy atom. The minimum Gasteiger partial charge on any atom is -0.469 e. The Bertz CT molecular complexity index is 513. The summed E-state index contributed by atoms with van der Waals surface area (Å²) in [4.78, 5) is 25.2. The van der Waals surface area contributed by atoms with Crippen LogP contribution in [0.2, 0.25) is 0 Å². The molecule has 1 aromatic carbocycles. The van der Waals surface area contributed by atoms with E-state index in [1.165, 1.54) is 43.8 Å². The van der Waals surface area contributed by atoms with Gasteiger partial charge in [-0.2, -0.15) is 11.8 Å². The maximum Gasteiger partial charge on any atom is 0.306 e. The summed E-state index contributed by atoms with van der Waals surface area (Å²) in [5, 5.41) is 2.88. The zero-order valence-corrected chi connectivity index (χ0v) is 14.4. The first-order chi connectivity index (χ1) is 11.2. The van der Waals surface area contributed by atoms with Crippen LogP contribution in [0, 0.1) is 0 Å². The number of rotatable bonds is 7. The van der Waals surface area contributed by atoms with Gasteiger partial charge in [0.2, 0.25) is 5.91 Å². The maximum absolute atomic E-state index is 11.9. The highest BCUT2D eigenvalue weighted by Gasteiger charge is 2.11. The number of carbonyl (C=O) groups is 2. The quantitative estimate of drug-likeness (QED) is 0.613. The van der Waals surface area contributed by atoms with E-state index in [-0.39, 0.29) is 11.9 Å². The molecule has 0 aliphatic carbocycles. The molecular formula is C17H24N2O3S. The van der Waals surface area contributed by atoms with Crippen LogP contribution in [0.5, 0.6) is 0 Å². The van der Waals surface area contributed by atoms with Crippen molar-refractivity contribution in [2.75, 3.05) is 41.9 Å². The van der Waals surface area contributed by atoms with Crippen LogP contribution >= 0.6 is 11.8 Å². The molecule has 6 heteroatoms. The Balaban J connectivity index is 1.72. The Morgan fingerprint density at radius 1 is 1.17 bits per heavy atom. The Morgan fingerprint density at radius 2 is 1.87 bits per heavy atom. The largest absolute Gasteiger partial charge is 0.469 e. The van der Waals surface area contributed by atoms with E-state index in [2.05, 4.69) is 27.1 Å². The van der Waals surface area contributed by atoms with Crippen molar-refractivity contribution in [3.05, 3.63) is 24.3 Å². The lowest BCUT2D eigenvalue weighted by Crippen LogP contribution is -2.29. The van der Waals surface area contributed by atoms with Gasteiger partial charge in [-0.3, -0.25) is 9.59 Å². The molecule has 1 fully saturated rings. The summed E-state index contributed by atoms with van der Waals surface area (Å²) in [7, 11) is 1.37. The normalized spacial score (nSPS) is 14.4. The number of esters is 1. The molecule has 0 spiro atoms. The van der Waals surface area contributed by atoms with Crippen molar-refractivity contribution in [2.45, 2.75) is 25.7 Å². The SMILES string of the molecule is COC(=O)CCSCC(=O)Nc1ccc(N2CCCCC2)cc1. The molecule has 1 aromatic rings. The Hall–Kier alpha value is -1.69. The van der Waals surface area contributed by atoms with Crippen molar-refractivity contribution in [2.24, 2.45) is 0 Å². The summed E-state index contributed by atoms with van der Waals surface area (Å²) < 4.78 is 4.56. The van der Waals surface area contributed by atoms with Crippen molar-refractivity contribution < 1.29 is 14.3 Å². The van der Waals surface area contributed by atoms with Crippen LogP contribution in [0.25, 0.3) is 0 Å². The summed E-state index contributed by atoms with van der Waals surface area (Å²) >= 11 is 1.43. The van der Waals surface area contributed by atoms with Crippen LogP contribution in [-0.2, 0) is 14.3 Å². The molecule has 0 saturated carbocycles. The molecular weight excluding hydrogens is 312 g/mol. The highest BCUT2D eigenvalue weighted by atomic mass is 32.2. The highest BCUT2D eigenvalue weighted by molar-refractivity contribution is 7.99. The van der Waals surface area contributed by atoms with Crippen LogP contribution in [-0.4, -0.2) is 43.6 Å². The number of nitrogens with zero attached hydrogens (tertiary/aromatic N) is 1. The summed E-state index contributed by atoms with van der Waals surface area (Å²) in [5.74, 6) is 0.635. The monoisotopic (exact) mass is 336 g/mol.